The predicted molar refractivity (Wildman–Crippen MR) is 84.8 cm³/mol. The average Bonchev–Trinajstić information content (AvgIpc) is 2.47. The summed E-state index contributed by atoms with van der Waals surface area (Å²) in [6, 6.07) is 14.5. The molecule has 0 bridgehead atoms. The van der Waals surface area contributed by atoms with Gasteiger partial charge in [0.05, 0.1) is 10.9 Å². The number of hydrogen-bond acceptors (Lipinski definition) is 3. The molecule has 22 heavy (non-hydrogen) atoms. The first kappa shape index (κ1) is 16.0. The van der Waals surface area contributed by atoms with Crippen molar-refractivity contribution in [1.29, 1.82) is 0 Å². The van der Waals surface area contributed by atoms with Gasteiger partial charge in [0.15, 0.2) is 0 Å². The Kier molecular flexibility index (Phi) is 4.79. The maximum atomic E-state index is 11.9. The monoisotopic (exact) mass is 319 g/mol. The van der Waals surface area contributed by atoms with Crippen molar-refractivity contribution in [3.05, 3.63) is 60.2 Å². The summed E-state index contributed by atoms with van der Waals surface area (Å²) in [7, 11) is -3.71. The molecule has 4 N–H and O–H groups in total. The van der Waals surface area contributed by atoms with E-state index in [0.717, 1.165) is 5.56 Å². The highest BCUT2D eigenvalue weighted by molar-refractivity contribution is 7.89. The second-order valence-corrected chi connectivity index (χ2v) is 6.36. The van der Waals surface area contributed by atoms with Crippen molar-refractivity contribution in [3.63, 3.8) is 0 Å². The normalized spacial score (nSPS) is 12.5. The van der Waals surface area contributed by atoms with Crippen LogP contribution in [0.15, 0.2) is 59.5 Å². The molecule has 0 radical (unpaired) electrons. The highest BCUT2D eigenvalue weighted by atomic mass is 32.2. The Balaban J connectivity index is 2.00. The Morgan fingerprint density at radius 2 is 1.64 bits per heavy atom. The smallest absolute Gasteiger partial charge is 0.319 e. The molecule has 7 heteroatoms. The lowest BCUT2D eigenvalue weighted by atomic mass is 10.1. The molecule has 0 aliphatic carbocycles. The molecule has 6 nitrogen and oxygen atoms in total. The van der Waals surface area contributed by atoms with Crippen LogP contribution in [0.25, 0.3) is 0 Å². The molecule has 0 spiro atoms. The number of urea groups is 1. The largest absolute Gasteiger partial charge is 0.331 e. The molecule has 1 unspecified atom stereocenters. The highest BCUT2D eigenvalue weighted by Gasteiger charge is 2.12. The summed E-state index contributed by atoms with van der Waals surface area (Å²) in [5.74, 6) is 0. The number of primary sulfonamides is 1. The van der Waals surface area contributed by atoms with E-state index in [0.29, 0.717) is 5.69 Å². The number of nitrogens with two attached hydrogens (primary N) is 1. The molecule has 0 heterocycles. The molecule has 2 amide bonds. The van der Waals surface area contributed by atoms with Gasteiger partial charge in [-0.3, -0.25) is 0 Å². The molecule has 0 saturated heterocycles. The Bertz CT molecular complexity index is 743. The molecule has 2 aromatic rings. The minimum absolute atomic E-state index is 0.0391. The maximum Gasteiger partial charge on any atom is 0.319 e. The van der Waals surface area contributed by atoms with E-state index < -0.39 is 10.0 Å². The van der Waals surface area contributed by atoms with Gasteiger partial charge in [0.1, 0.15) is 0 Å². The SMILES string of the molecule is CC(NC(=O)Nc1ccccc1)c1ccc(S(N)(=O)=O)cc1. The predicted octanol–water partition coefficient (Wildman–Crippen LogP) is 2.22. The number of carbonyl (C=O) groups is 1. The molecule has 2 rings (SSSR count). The topological polar surface area (TPSA) is 101 Å². The van der Waals surface area contributed by atoms with Crippen LogP contribution in [0, 0.1) is 0 Å². The molecule has 2 aromatic carbocycles. The molecular formula is C15H17N3O3S. The van der Waals surface area contributed by atoms with E-state index in [9.17, 15) is 13.2 Å². The lowest BCUT2D eigenvalue weighted by Gasteiger charge is -2.15. The summed E-state index contributed by atoms with van der Waals surface area (Å²) in [6.45, 7) is 1.80. The summed E-state index contributed by atoms with van der Waals surface area (Å²) < 4.78 is 22.4. The molecule has 0 saturated carbocycles. The third-order valence-electron chi connectivity index (χ3n) is 3.09. The van der Waals surface area contributed by atoms with Crippen molar-refractivity contribution < 1.29 is 13.2 Å². The van der Waals surface area contributed by atoms with Gasteiger partial charge in [-0.05, 0) is 36.8 Å². The Morgan fingerprint density at radius 1 is 1.05 bits per heavy atom. The van der Waals surface area contributed by atoms with Crippen LogP contribution in [0.4, 0.5) is 10.5 Å². The van der Waals surface area contributed by atoms with Crippen molar-refractivity contribution in [1.82, 2.24) is 5.32 Å². The number of rotatable bonds is 4. The van der Waals surface area contributed by atoms with Gasteiger partial charge in [-0.15, -0.1) is 0 Å². The lowest BCUT2D eigenvalue weighted by molar-refractivity contribution is 0.249. The van der Waals surface area contributed by atoms with Gasteiger partial charge >= 0.3 is 6.03 Å². The van der Waals surface area contributed by atoms with Crippen molar-refractivity contribution in [2.45, 2.75) is 17.9 Å². The third kappa shape index (κ3) is 4.31. The van der Waals surface area contributed by atoms with Crippen molar-refractivity contribution >= 4 is 21.7 Å². The van der Waals surface area contributed by atoms with E-state index >= 15 is 0 Å². The van der Waals surface area contributed by atoms with Gasteiger partial charge in [0.25, 0.3) is 0 Å². The number of para-hydroxylation sites is 1. The van der Waals surface area contributed by atoms with E-state index in [1.165, 1.54) is 12.1 Å². The summed E-state index contributed by atoms with van der Waals surface area (Å²) in [5, 5.41) is 10.5. The van der Waals surface area contributed by atoms with Crippen LogP contribution in [0.5, 0.6) is 0 Å². The van der Waals surface area contributed by atoms with Crippen molar-refractivity contribution in [2.75, 3.05) is 5.32 Å². The summed E-state index contributed by atoms with van der Waals surface area (Å²) in [6.07, 6.45) is 0. The van der Waals surface area contributed by atoms with Gasteiger partial charge in [-0.25, -0.2) is 18.4 Å². The first-order chi connectivity index (χ1) is 10.4. The van der Waals surface area contributed by atoms with Crippen LogP contribution in [-0.4, -0.2) is 14.4 Å². The number of sulfonamides is 1. The zero-order valence-electron chi connectivity index (χ0n) is 12.0. The quantitative estimate of drug-likeness (QED) is 0.805. The minimum Gasteiger partial charge on any atom is -0.331 e. The van der Waals surface area contributed by atoms with Crippen LogP contribution in [-0.2, 0) is 10.0 Å². The molecular weight excluding hydrogens is 302 g/mol. The van der Waals surface area contributed by atoms with Gasteiger partial charge in [-0.2, -0.15) is 0 Å². The fourth-order valence-electron chi connectivity index (χ4n) is 1.91. The summed E-state index contributed by atoms with van der Waals surface area (Å²) in [5.41, 5.74) is 1.47. The lowest BCUT2D eigenvalue weighted by Crippen LogP contribution is -2.31. The summed E-state index contributed by atoms with van der Waals surface area (Å²) >= 11 is 0. The van der Waals surface area contributed by atoms with Crippen LogP contribution >= 0.6 is 0 Å². The van der Waals surface area contributed by atoms with Gasteiger partial charge < -0.3 is 10.6 Å². The van der Waals surface area contributed by atoms with Crippen LogP contribution in [0.1, 0.15) is 18.5 Å². The third-order valence-corrected chi connectivity index (χ3v) is 4.02. The second-order valence-electron chi connectivity index (χ2n) is 4.80. The number of hydrogen-bond donors (Lipinski definition) is 3. The minimum atomic E-state index is -3.71. The number of anilines is 1. The number of benzene rings is 2. The molecule has 116 valence electrons. The first-order valence-electron chi connectivity index (χ1n) is 6.61. The van der Waals surface area contributed by atoms with E-state index in [-0.39, 0.29) is 17.0 Å². The van der Waals surface area contributed by atoms with Gasteiger partial charge in [0, 0.05) is 5.69 Å². The number of nitrogens with one attached hydrogen (secondary N) is 2. The second kappa shape index (κ2) is 6.59. The van der Waals surface area contributed by atoms with E-state index in [4.69, 9.17) is 5.14 Å². The molecule has 0 aromatic heterocycles. The molecule has 1 atom stereocenters. The van der Waals surface area contributed by atoms with E-state index in [2.05, 4.69) is 10.6 Å². The van der Waals surface area contributed by atoms with Crippen molar-refractivity contribution in [3.8, 4) is 0 Å². The fraction of sp³-hybridized carbons (Fsp3) is 0.133. The summed E-state index contributed by atoms with van der Waals surface area (Å²) in [4.78, 5) is 11.9. The fourth-order valence-corrected chi connectivity index (χ4v) is 2.43. The Morgan fingerprint density at radius 3 is 2.18 bits per heavy atom. The Labute approximate surface area is 129 Å². The van der Waals surface area contributed by atoms with Crippen molar-refractivity contribution in [2.24, 2.45) is 5.14 Å². The van der Waals surface area contributed by atoms with Gasteiger partial charge in [-0.1, -0.05) is 30.3 Å². The van der Waals surface area contributed by atoms with E-state index in [1.807, 2.05) is 18.2 Å². The van der Waals surface area contributed by atoms with E-state index in [1.54, 1.807) is 31.2 Å². The maximum absolute atomic E-state index is 11.9. The van der Waals surface area contributed by atoms with Gasteiger partial charge in [0.2, 0.25) is 10.0 Å². The zero-order valence-corrected chi connectivity index (χ0v) is 12.8. The zero-order chi connectivity index (χ0) is 16.2. The van der Waals surface area contributed by atoms with Crippen LogP contribution in [0.2, 0.25) is 0 Å². The number of amides is 2. The average molecular weight is 319 g/mol. The highest BCUT2D eigenvalue weighted by Crippen LogP contribution is 2.15. The molecule has 0 fully saturated rings. The first-order valence-corrected chi connectivity index (χ1v) is 8.16. The molecule has 0 aliphatic heterocycles. The van der Waals surface area contributed by atoms with Crippen LogP contribution < -0.4 is 15.8 Å². The Hall–Kier alpha value is -2.38. The number of carbonyl (C=O) groups excluding carboxylic acids is 1. The van der Waals surface area contributed by atoms with Crippen LogP contribution in [0.3, 0.4) is 0 Å². The molecule has 0 aliphatic rings. The standard InChI is InChI=1S/C15H17N3O3S/c1-11(12-7-9-14(10-8-12)22(16,20)21)17-15(19)18-13-5-3-2-4-6-13/h2-11H,1H3,(H2,16,20,21)(H2,17,18,19).